The lowest BCUT2D eigenvalue weighted by molar-refractivity contribution is 0.297. The highest BCUT2D eigenvalue weighted by Crippen LogP contribution is 2.31. The minimum absolute atomic E-state index is 0. The lowest BCUT2D eigenvalue weighted by atomic mass is 10.2. The zero-order valence-electron chi connectivity index (χ0n) is 14.3. The fraction of sp³-hybridized carbons (Fsp3) is 0.0476. The first-order chi connectivity index (χ1) is 12.8. The van der Waals surface area contributed by atoms with Crippen molar-refractivity contribution < 1.29 is 4.74 Å². The summed E-state index contributed by atoms with van der Waals surface area (Å²) in [7, 11) is 0. The fourth-order valence-electron chi connectivity index (χ4n) is 2.93. The summed E-state index contributed by atoms with van der Waals surface area (Å²) in [6.07, 6.45) is 0. The molecule has 0 aliphatic heterocycles. The Morgan fingerprint density at radius 3 is 2.52 bits per heavy atom. The van der Waals surface area contributed by atoms with Crippen LogP contribution in [-0.4, -0.2) is 15.0 Å². The Kier molecular flexibility index (Phi) is 4.79. The topological polar surface area (TPSA) is 50.8 Å². The minimum atomic E-state index is 0. The van der Waals surface area contributed by atoms with Gasteiger partial charge in [0.2, 0.25) is 0 Å². The van der Waals surface area contributed by atoms with Gasteiger partial charge in [0.25, 0.3) is 0 Å². The average Bonchev–Trinajstić information content (AvgIpc) is 3.30. The zero-order chi connectivity index (χ0) is 17.3. The number of aromatic amines is 1. The SMILES string of the molecule is Cl.c1ccc(OCc2nc3ccc(-c4nc5ccccc5s4)cc3[nH]2)cc1. The van der Waals surface area contributed by atoms with E-state index in [0.717, 1.165) is 38.7 Å². The number of hydrogen-bond donors (Lipinski definition) is 1. The predicted octanol–water partition coefficient (Wildman–Crippen LogP) is 5.84. The van der Waals surface area contributed by atoms with Crippen LogP contribution in [0.15, 0.2) is 72.8 Å². The number of hydrogen-bond acceptors (Lipinski definition) is 4. The zero-order valence-corrected chi connectivity index (χ0v) is 15.9. The van der Waals surface area contributed by atoms with Gasteiger partial charge in [-0.05, 0) is 42.5 Å². The number of aromatic nitrogens is 3. The monoisotopic (exact) mass is 393 g/mol. The first kappa shape index (κ1) is 17.5. The van der Waals surface area contributed by atoms with Gasteiger partial charge in [-0.3, -0.25) is 0 Å². The molecule has 0 aliphatic rings. The van der Waals surface area contributed by atoms with E-state index in [9.17, 15) is 0 Å². The third-order valence-electron chi connectivity index (χ3n) is 4.19. The molecule has 134 valence electrons. The summed E-state index contributed by atoms with van der Waals surface area (Å²) in [5, 5.41) is 1.02. The molecule has 5 aromatic rings. The molecule has 2 aromatic heterocycles. The molecule has 3 aromatic carbocycles. The van der Waals surface area contributed by atoms with Gasteiger partial charge in [0, 0.05) is 5.56 Å². The number of nitrogens with zero attached hydrogens (tertiary/aromatic N) is 2. The third-order valence-corrected chi connectivity index (χ3v) is 5.28. The number of H-pyrrole nitrogens is 1. The first-order valence-electron chi connectivity index (χ1n) is 8.38. The Morgan fingerprint density at radius 1 is 0.852 bits per heavy atom. The molecule has 0 fully saturated rings. The molecule has 0 bridgehead atoms. The molecule has 0 radical (unpaired) electrons. The summed E-state index contributed by atoms with van der Waals surface area (Å²) >= 11 is 1.70. The number of nitrogens with one attached hydrogen (secondary N) is 1. The number of imidazole rings is 1. The lowest BCUT2D eigenvalue weighted by Crippen LogP contribution is -1.96. The standard InChI is InChI=1S/C21H15N3OS.ClH/c1-2-6-15(7-3-1)25-13-20-22-16-11-10-14(12-18(16)23-20)21-24-17-8-4-5-9-19(17)26-21;/h1-12H,13H2,(H,22,23);1H. The van der Waals surface area contributed by atoms with E-state index in [4.69, 9.17) is 9.72 Å². The molecule has 27 heavy (non-hydrogen) atoms. The van der Waals surface area contributed by atoms with Crippen LogP contribution in [0.2, 0.25) is 0 Å². The van der Waals surface area contributed by atoms with Gasteiger partial charge in [-0.1, -0.05) is 30.3 Å². The molecule has 5 rings (SSSR count). The first-order valence-corrected chi connectivity index (χ1v) is 9.19. The van der Waals surface area contributed by atoms with Gasteiger partial charge in [-0.15, -0.1) is 23.7 Å². The molecular weight excluding hydrogens is 378 g/mol. The molecule has 0 amide bonds. The lowest BCUT2D eigenvalue weighted by Gasteiger charge is -2.02. The van der Waals surface area contributed by atoms with E-state index in [1.807, 2.05) is 54.6 Å². The van der Waals surface area contributed by atoms with Gasteiger partial charge in [-0.2, -0.15) is 0 Å². The van der Waals surface area contributed by atoms with Crippen molar-refractivity contribution in [2.45, 2.75) is 6.61 Å². The van der Waals surface area contributed by atoms with E-state index in [2.05, 4.69) is 28.2 Å². The molecule has 0 spiro atoms. The number of para-hydroxylation sites is 2. The number of halogens is 1. The van der Waals surface area contributed by atoms with Crippen LogP contribution in [0, 0.1) is 0 Å². The van der Waals surface area contributed by atoms with Crippen LogP contribution in [0.25, 0.3) is 31.8 Å². The average molecular weight is 394 g/mol. The van der Waals surface area contributed by atoms with Gasteiger partial charge in [0.15, 0.2) is 0 Å². The summed E-state index contributed by atoms with van der Waals surface area (Å²) < 4.78 is 6.97. The minimum Gasteiger partial charge on any atom is -0.486 e. The van der Waals surface area contributed by atoms with E-state index in [-0.39, 0.29) is 12.4 Å². The van der Waals surface area contributed by atoms with Crippen molar-refractivity contribution in [1.82, 2.24) is 15.0 Å². The van der Waals surface area contributed by atoms with Crippen molar-refractivity contribution in [3.8, 4) is 16.3 Å². The van der Waals surface area contributed by atoms with E-state index in [1.165, 1.54) is 4.70 Å². The molecule has 6 heteroatoms. The normalized spacial score (nSPS) is 10.8. The van der Waals surface area contributed by atoms with Gasteiger partial charge >= 0.3 is 0 Å². The molecule has 0 atom stereocenters. The quantitative estimate of drug-likeness (QED) is 0.417. The van der Waals surface area contributed by atoms with Gasteiger partial charge in [0.1, 0.15) is 23.2 Å². The van der Waals surface area contributed by atoms with Crippen LogP contribution in [0.5, 0.6) is 5.75 Å². The Hall–Kier alpha value is -2.89. The predicted molar refractivity (Wildman–Crippen MR) is 113 cm³/mol. The molecule has 0 saturated heterocycles. The van der Waals surface area contributed by atoms with E-state index < -0.39 is 0 Å². The second-order valence-corrected chi connectivity index (χ2v) is 7.03. The molecule has 1 N–H and O–H groups in total. The molecule has 2 heterocycles. The number of thiazole rings is 1. The Balaban J connectivity index is 0.00000180. The smallest absolute Gasteiger partial charge is 0.146 e. The Morgan fingerprint density at radius 2 is 1.67 bits per heavy atom. The molecular formula is C21H16ClN3OS. The number of ether oxygens (including phenoxy) is 1. The van der Waals surface area contributed by atoms with E-state index in [1.54, 1.807) is 11.3 Å². The molecule has 0 unspecified atom stereocenters. The largest absolute Gasteiger partial charge is 0.486 e. The van der Waals surface area contributed by atoms with Crippen molar-refractivity contribution in [2.75, 3.05) is 0 Å². The highest BCUT2D eigenvalue weighted by atomic mass is 35.5. The van der Waals surface area contributed by atoms with Crippen molar-refractivity contribution in [2.24, 2.45) is 0 Å². The highest BCUT2D eigenvalue weighted by molar-refractivity contribution is 7.21. The number of fused-ring (bicyclic) bond motifs is 2. The number of benzene rings is 3. The maximum absolute atomic E-state index is 5.77. The van der Waals surface area contributed by atoms with Gasteiger partial charge in [-0.25, -0.2) is 9.97 Å². The van der Waals surface area contributed by atoms with Crippen molar-refractivity contribution >= 4 is 45.0 Å². The van der Waals surface area contributed by atoms with Crippen molar-refractivity contribution in [3.63, 3.8) is 0 Å². The van der Waals surface area contributed by atoms with Crippen LogP contribution in [0.1, 0.15) is 5.82 Å². The maximum Gasteiger partial charge on any atom is 0.146 e. The Bertz CT molecular complexity index is 1170. The highest BCUT2D eigenvalue weighted by Gasteiger charge is 2.09. The van der Waals surface area contributed by atoms with Gasteiger partial charge < -0.3 is 9.72 Å². The molecule has 0 saturated carbocycles. The van der Waals surface area contributed by atoms with Crippen LogP contribution in [-0.2, 0) is 6.61 Å². The second-order valence-electron chi connectivity index (χ2n) is 6.00. The molecule has 4 nitrogen and oxygen atoms in total. The van der Waals surface area contributed by atoms with Crippen molar-refractivity contribution in [3.05, 3.63) is 78.6 Å². The summed E-state index contributed by atoms with van der Waals surface area (Å²) in [6.45, 7) is 0.412. The van der Waals surface area contributed by atoms with E-state index in [0.29, 0.717) is 6.61 Å². The van der Waals surface area contributed by atoms with Gasteiger partial charge in [0.05, 0.1) is 21.3 Å². The maximum atomic E-state index is 5.77. The summed E-state index contributed by atoms with van der Waals surface area (Å²) in [5.74, 6) is 1.65. The van der Waals surface area contributed by atoms with Crippen LogP contribution in [0.3, 0.4) is 0 Å². The summed E-state index contributed by atoms with van der Waals surface area (Å²) in [4.78, 5) is 12.7. The Labute approximate surface area is 166 Å². The van der Waals surface area contributed by atoms with Crippen LogP contribution >= 0.6 is 23.7 Å². The van der Waals surface area contributed by atoms with Crippen LogP contribution < -0.4 is 4.74 Å². The summed E-state index contributed by atoms with van der Waals surface area (Å²) in [6, 6.07) is 24.2. The van der Waals surface area contributed by atoms with Crippen molar-refractivity contribution in [1.29, 1.82) is 0 Å². The van der Waals surface area contributed by atoms with Crippen LogP contribution in [0.4, 0.5) is 0 Å². The fourth-order valence-corrected chi connectivity index (χ4v) is 3.89. The second kappa shape index (κ2) is 7.39. The summed E-state index contributed by atoms with van der Waals surface area (Å²) in [5.41, 5.74) is 4.06. The molecule has 0 aliphatic carbocycles. The van der Waals surface area contributed by atoms with E-state index >= 15 is 0 Å². The third kappa shape index (κ3) is 3.52. The number of rotatable bonds is 4.